The van der Waals surface area contributed by atoms with Crippen LogP contribution >= 0.6 is 0 Å². The highest BCUT2D eigenvalue weighted by molar-refractivity contribution is 5.34. The maximum atomic E-state index is 8.73. The summed E-state index contributed by atoms with van der Waals surface area (Å²) in [5.41, 5.74) is 2.72. The van der Waals surface area contributed by atoms with Crippen LogP contribution in [0.2, 0.25) is 0 Å². The number of benzene rings is 1. The van der Waals surface area contributed by atoms with E-state index in [1.54, 1.807) is 0 Å². The topological polar surface area (TPSA) is 29.5 Å². The highest BCUT2D eigenvalue weighted by Gasteiger charge is 2.01. The Kier molecular flexibility index (Phi) is 8.31. The molecular formula is C17H28O2. The van der Waals surface area contributed by atoms with Crippen LogP contribution < -0.4 is 4.74 Å². The number of aryl methyl sites for hydroxylation is 2. The van der Waals surface area contributed by atoms with E-state index in [4.69, 9.17) is 9.84 Å². The lowest BCUT2D eigenvalue weighted by atomic mass is 10.0. The molecule has 1 N–H and O–H groups in total. The van der Waals surface area contributed by atoms with Crippen molar-refractivity contribution < 1.29 is 9.84 Å². The van der Waals surface area contributed by atoms with Crippen molar-refractivity contribution in [2.24, 2.45) is 0 Å². The Labute approximate surface area is 117 Å². The highest BCUT2D eigenvalue weighted by Crippen LogP contribution is 2.19. The van der Waals surface area contributed by atoms with Gasteiger partial charge < -0.3 is 9.84 Å². The Morgan fingerprint density at radius 2 is 1.79 bits per heavy atom. The maximum Gasteiger partial charge on any atom is 0.119 e. The minimum Gasteiger partial charge on any atom is -0.491 e. The molecule has 0 aliphatic carbocycles. The van der Waals surface area contributed by atoms with Gasteiger partial charge >= 0.3 is 0 Å². The van der Waals surface area contributed by atoms with E-state index in [2.05, 4.69) is 26.0 Å². The Morgan fingerprint density at radius 1 is 1.05 bits per heavy atom. The number of aliphatic hydroxyl groups is 1. The van der Waals surface area contributed by atoms with Gasteiger partial charge in [0.2, 0.25) is 0 Å². The molecule has 2 heteroatoms. The van der Waals surface area contributed by atoms with Gasteiger partial charge in [0.25, 0.3) is 0 Å². The lowest BCUT2D eigenvalue weighted by Gasteiger charge is -2.09. The molecule has 0 atom stereocenters. The zero-order valence-corrected chi connectivity index (χ0v) is 12.5. The first-order valence-corrected chi connectivity index (χ1v) is 7.61. The van der Waals surface area contributed by atoms with Crippen LogP contribution in [-0.4, -0.2) is 18.3 Å². The summed E-state index contributed by atoms with van der Waals surface area (Å²) in [5.74, 6) is 0.859. The van der Waals surface area contributed by atoms with Gasteiger partial charge in [0.15, 0.2) is 0 Å². The second kappa shape index (κ2) is 9.85. The van der Waals surface area contributed by atoms with E-state index in [9.17, 15) is 0 Å². The lowest BCUT2D eigenvalue weighted by Crippen LogP contribution is -2.02. The minimum absolute atomic E-state index is 0.0680. The van der Waals surface area contributed by atoms with Crippen LogP contribution in [-0.2, 0) is 6.42 Å². The summed E-state index contributed by atoms with van der Waals surface area (Å²) < 4.78 is 5.41. The molecule has 0 bridgehead atoms. The van der Waals surface area contributed by atoms with Gasteiger partial charge in [-0.15, -0.1) is 0 Å². The van der Waals surface area contributed by atoms with Gasteiger partial charge in [0.05, 0.1) is 6.61 Å². The molecule has 0 aromatic heterocycles. The van der Waals surface area contributed by atoms with E-state index < -0.39 is 0 Å². The van der Waals surface area contributed by atoms with Crippen LogP contribution in [0, 0.1) is 6.92 Å². The number of hydrogen-bond donors (Lipinski definition) is 1. The summed E-state index contributed by atoms with van der Waals surface area (Å²) in [6.07, 6.45) is 9.21. The second-order valence-electron chi connectivity index (χ2n) is 5.18. The van der Waals surface area contributed by atoms with E-state index in [0.29, 0.717) is 6.61 Å². The monoisotopic (exact) mass is 264 g/mol. The second-order valence-corrected chi connectivity index (χ2v) is 5.18. The molecular weight excluding hydrogens is 236 g/mol. The predicted molar refractivity (Wildman–Crippen MR) is 80.8 cm³/mol. The minimum atomic E-state index is 0.0680. The number of aliphatic hydroxyl groups excluding tert-OH is 1. The Balaban J connectivity index is 2.29. The fraction of sp³-hybridized carbons (Fsp3) is 0.647. The number of rotatable bonds is 10. The van der Waals surface area contributed by atoms with E-state index >= 15 is 0 Å². The van der Waals surface area contributed by atoms with Crippen molar-refractivity contribution in [1.82, 2.24) is 0 Å². The standard InChI is InChI=1S/C17H28O2/c1-3-4-5-6-7-8-9-16-10-11-17(14-15(16)2)19-13-12-18/h10-11,14,18H,3-9,12-13H2,1-2H3. The molecule has 0 spiro atoms. The molecule has 0 fully saturated rings. The molecule has 1 aromatic rings. The van der Waals surface area contributed by atoms with Crippen molar-refractivity contribution in [1.29, 1.82) is 0 Å². The first-order chi connectivity index (χ1) is 9.27. The van der Waals surface area contributed by atoms with Crippen molar-refractivity contribution in [3.05, 3.63) is 29.3 Å². The van der Waals surface area contributed by atoms with Crippen molar-refractivity contribution in [2.75, 3.05) is 13.2 Å². The normalized spacial score (nSPS) is 10.7. The predicted octanol–water partition coefficient (Wildman–Crippen LogP) is 4.27. The summed E-state index contributed by atoms with van der Waals surface area (Å²) in [7, 11) is 0. The summed E-state index contributed by atoms with van der Waals surface area (Å²) in [6, 6.07) is 6.24. The van der Waals surface area contributed by atoms with Crippen LogP contribution in [0.3, 0.4) is 0 Å². The van der Waals surface area contributed by atoms with Crippen LogP contribution in [0.15, 0.2) is 18.2 Å². The third-order valence-corrected chi connectivity index (χ3v) is 3.47. The molecule has 19 heavy (non-hydrogen) atoms. The van der Waals surface area contributed by atoms with Gasteiger partial charge in [-0.05, 0) is 43.0 Å². The Hall–Kier alpha value is -1.02. The molecule has 0 amide bonds. The molecule has 0 unspecified atom stereocenters. The summed E-state index contributed by atoms with van der Waals surface area (Å²) in [5, 5.41) is 8.73. The molecule has 108 valence electrons. The molecule has 0 radical (unpaired) electrons. The van der Waals surface area contributed by atoms with E-state index in [-0.39, 0.29) is 6.61 Å². The molecule has 0 aliphatic rings. The Bertz CT molecular complexity index is 347. The lowest BCUT2D eigenvalue weighted by molar-refractivity contribution is 0.201. The highest BCUT2D eigenvalue weighted by atomic mass is 16.5. The van der Waals surface area contributed by atoms with Gasteiger partial charge in [-0.1, -0.05) is 45.1 Å². The third kappa shape index (κ3) is 6.63. The summed E-state index contributed by atoms with van der Waals surface area (Å²) >= 11 is 0. The zero-order chi connectivity index (χ0) is 13.9. The SMILES string of the molecule is CCCCCCCCc1ccc(OCCO)cc1C. The van der Waals surface area contributed by atoms with Gasteiger partial charge in [0.1, 0.15) is 12.4 Å². The number of unbranched alkanes of at least 4 members (excludes halogenated alkanes) is 5. The first-order valence-electron chi connectivity index (χ1n) is 7.61. The average Bonchev–Trinajstić information content (AvgIpc) is 2.42. The number of ether oxygens (including phenoxy) is 1. The summed E-state index contributed by atoms with van der Waals surface area (Å²) in [4.78, 5) is 0. The van der Waals surface area contributed by atoms with Crippen LogP contribution in [0.25, 0.3) is 0 Å². The van der Waals surface area contributed by atoms with E-state index in [0.717, 1.165) is 12.2 Å². The van der Waals surface area contributed by atoms with Crippen molar-refractivity contribution in [3.63, 3.8) is 0 Å². The first kappa shape index (κ1) is 16.0. The average molecular weight is 264 g/mol. The number of hydrogen-bond acceptors (Lipinski definition) is 2. The largest absolute Gasteiger partial charge is 0.491 e. The van der Waals surface area contributed by atoms with Crippen LogP contribution in [0.1, 0.15) is 56.6 Å². The van der Waals surface area contributed by atoms with Crippen LogP contribution in [0.4, 0.5) is 0 Å². The van der Waals surface area contributed by atoms with Gasteiger partial charge in [-0.3, -0.25) is 0 Å². The molecule has 1 rings (SSSR count). The Morgan fingerprint density at radius 3 is 2.47 bits per heavy atom. The fourth-order valence-electron chi connectivity index (χ4n) is 2.30. The van der Waals surface area contributed by atoms with Crippen LogP contribution in [0.5, 0.6) is 5.75 Å². The van der Waals surface area contributed by atoms with Crippen molar-refractivity contribution in [2.45, 2.75) is 58.8 Å². The maximum absolute atomic E-state index is 8.73. The molecule has 0 saturated heterocycles. The van der Waals surface area contributed by atoms with Gasteiger partial charge in [-0.2, -0.15) is 0 Å². The smallest absolute Gasteiger partial charge is 0.119 e. The fourth-order valence-corrected chi connectivity index (χ4v) is 2.30. The van der Waals surface area contributed by atoms with Gasteiger partial charge in [0, 0.05) is 0 Å². The summed E-state index contributed by atoms with van der Waals surface area (Å²) in [6.45, 7) is 4.83. The van der Waals surface area contributed by atoms with Crippen molar-refractivity contribution >= 4 is 0 Å². The molecule has 0 saturated carbocycles. The van der Waals surface area contributed by atoms with Gasteiger partial charge in [-0.25, -0.2) is 0 Å². The zero-order valence-electron chi connectivity index (χ0n) is 12.5. The molecule has 2 nitrogen and oxygen atoms in total. The molecule has 1 aromatic carbocycles. The molecule has 0 heterocycles. The third-order valence-electron chi connectivity index (χ3n) is 3.47. The molecule has 0 aliphatic heterocycles. The van der Waals surface area contributed by atoms with E-state index in [1.807, 2.05) is 6.07 Å². The van der Waals surface area contributed by atoms with Crippen molar-refractivity contribution in [3.8, 4) is 5.75 Å². The quantitative estimate of drug-likeness (QED) is 0.639. The van der Waals surface area contributed by atoms with E-state index in [1.165, 1.54) is 49.7 Å².